The van der Waals surface area contributed by atoms with Crippen LogP contribution >= 0.6 is 27.5 Å². The molecule has 0 radical (unpaired) electrons. The van der Waals surface area contributed by atoms with Crippen LogP contribution in [-0.4, -0.2) is 29.9 Å². The quantitative estimate of drug-likeness (QED) is 0.865. The van der Waals surface area contributed by atoms with E-state index in [4.69, 9.17) is 11.6 Å². The molecule has 0 spiro atoms. The highest BCUT2D eigenvalue weighted by molar-refractivity contribution is 9.10. The fourth-order valence-electron chi connectivity index (χ4n) is 1.48. The van der Waals surface area contributed by atoms with E-state index in [9.17, 15) is 9.59 Å². The standard InChI is InChI=1S/C10H8BrClN2O2/c11-7-3-1-2-6(8(7)12)9(15)14-5-4-13-10(14)16/h1-3H,4-5H2,(H,13,16). The Kier molecular flexibility index (Phi) is 3.16. The zero-order chi connectivity index (χ0) is 11.7. The third-order valence-corrected chi connectivity index (χ3v) is 3.58. The summed E-state index contributed by atoms with van der Waals surface area (Å²) in [6.45, 7) is 0.858. The molecule has 1 saturated heterocycles. The van der Waals surface area contributed by atoms with E-state index in [-0.39, 0.29) is 11.9 Å². The number of nitrogens with one attached hydrogen (secondary N) is 1. The zero-order valence-electron chi connectivity index (χ0n) is 8.17. The molecule has 1 aliphatic heterocycles. The van der Waals surface area contributed by atoms with Crippen molar-refractivity contribution >= 4 is 39.5 Å². The van der Waals surface area contributed by atoms with Gasteiger partial charge in [-0.25, -0.2) is 4.79 Å². The summed E-state index contributed by atoms with van der Waals surface area (Å²) < 4.78 is 0.639. The molecule has 0 saturated carbocycles. The second-order valence-corrected chi connectivity index (χ2v) is 4.52. The summed E-state index contributed by atoms with van der Waals surface area (Å²) in [6, 6.07) is 4.67. The maximum Gasteiger partial charge on any atom is 0.324 e. The molecule has 3 amide bonds. The lowest BCUT2D eigenvalue weighted by atomic mass is 10.2. The Morgan fingerprint density at radius 1 is 1.50 bits per heavy atom. The summed E-state index contributed by atoms with van der Waals surface area (Å²) in [5, 5.41) is 2.89. The lowest BCUT2D eigenvalue weighted by molar-refractivity contribution is 0.0829. The largest absolute Gasteiger partial charge is 0.336 e. The topological polar surface area (TPSA) is 49.4 Å². The van der Waals surface area contributed by atoms with Crippen molar-refractivity contribution in [1.29, 1.82) is 0 Å². The molecule has 0 unspecified atom stereocenters. The van der Waals surface area contributed by atoms with E-state index in [2.05, 4.69) is 21.2 Å². The Morgan fingerprint density at radius 2 is 2.25 bits per heavy atom. The lowest BCUT2D eigenvalue weighted by Crippen LogP contribution is -2.34. The molecule has 1 fully saturated rings. The Morgan fingerprint density at radius 3 is 2.88 bits per heavy atom. The number of rotatable bonds is 1. The monoisotopic (exact) mass is 302 g/mol. The van der Waals surface area contributed by atoms with Crippen LogP contribution in [-0.2, 0) is 0 Å². The van der Waals surface area contributed by atoms with Crippen molar-refractivity contribution in [3.05, 3.63) is 33.3 Å². The minimum Gasteiger partial charge on any atom is -0.336 e. The van der Waals surface area contributed by atoms with Crippen LogP contribution in [0.1, 0.15) is 10.4 Å². The van der Waals surface area contributed by atoms with Gasteiger partial charge in [-0.1, -0.05) is 17.7 Å². The highest BCUT2D eigenvalue weighted by Gasteiger charge is 2.28. The van der Waals surface area contributed by atoms with Gasteiger partial charge in [0.05, 0.1) is 10.6 Å². The summed E-state index contributed by atoms with van der Waals surface area (Å²) >= 11 is 9.22. The van der Waals surface area contributed by atoms with Crippen molar-refractivity contribution in [2.24, 2.45) is 0 Å². The van der Waals surface area contributed by atoms with Crippen molar-refractivity contribution in [3.63, 3.8) is 0 Å². The van der Waals surface area contributed by atoms with Gasteiger partial charge in [-0.05, 0) is 28.1 Å². The number of benzene rings is 1. The van der Waals surface area contributed by atoms with Gasteiger partial charge in [-0.3, -0.25) is 9.69 Å². The average molecular weight is 304 g/mol. The summed E-state index contributed by atoms with van der Waals surface area (Å²) in [6.07, 6.45) is 0. The first-order valence-electron chi connectivity index (χ1n) is 4.65. The first kappa shape index (κ1) is 11.4. The van der Waals surface area contributed by atoms with Crippen molar-refractivity contribution in [2.75, 3.05) is 13.1 Å². The molecule has 16 heavy (non-hydrogen) atoms. The van der Waals surface area contributed by atoms with Crippen LogP contribution in [0, 0.1) is 0 Å². The van der Waals surface area contributed by atoms with Crippen LogP contribution in [0.3, 0.4) is 0 Å². The van der Waals surface area contributed by atoms with E-state index >= 15 is 0 Å². The van der Waals surface area contributed by atoms with Crippen molar-refractivity contribution in [3.8, 4) is 0 Å². The fraction of sp³-hybridized carbons (Fsp3) is 0.200. The maximum absolute atomic E-state index is 12.0. The molecule has 6 heteroatoms. The number of hydrogen-bond donors (Lipinski definition) is 1. The molecule has 4 nitrogen and oxygen atoms in total. The predicted molar refractivity (Wildman–Crippen MR) is 63.6 cm³/mol. The van der Waals surface area contributed by atoms with Gasteiger partial charge in [-0.15, -0.1) is 0 Å². The number of nitrogens with zero attached hydrogens (tertiary/aromatic N) is 1. The van der Waals surface area contributed by atoms with Gasteiger partial charge in [0.15, 0.2) is 0 Å². The Hall–Kier alpha value is -1.07. The number of hydrogen-bond acceptors (Lipinski definition) is 2. The number of amides is 3. The van der Waals surface area contributed by atoms with Gasteiger partial charge >= 0.3 is 6.03 Å². The van der Waals surface area contributed by atoms with E-state index in [1.807, 2.05) is 0 Å². The van der Waals surface area contributed by atoms with Crippen molar-refractivity contribution < 1.29 is 9.59 Å². The summed E-state index contributed by atoms with van der Waals surface area (Å²) in [7, 11) is 0. The highest BCUT2D eigenvalue weighted by Crippen LogP contribution is 2.27. The van der Waals surface area contributed by atoms with Crippen LogP contribution in [0.15, 0.2) is 22.7 Å². The maximum atomic E-state index is 12.0. The van der Waals surface area contributed by atoms with Gasteiger partial charge in [0.2, 0.25) is 0 Å². The number of imide groups is 1. The van der Waals surface area contributed by atoms with Gasteiger partial charge in [0.25, 0.3) is 5.91 Å². The summed E-state index contributed by atoms with van der Waals surface area (Å²) in [5.74, 6) is -0.374. The predicted octanol–water partition coefficient (Wildman–Crippen LogP) is 2.27. The molecule has 1 aromatic rings. The third-order valence-electron chi connectivity index (χ3n) is 2.28. The van der Waals surface area contributed by atoms with E-state index in [0.29, 0.717) is 28.1 Å². The zero-order valence-corrected chi connectivity index (χ0v) is 10.5. The van der Waals surface area contributed by atoms with Crippen molar-refractivity contribution in [2.45, 2.75) is 0 Å². The number of halogens is 2. The first-order chi connectivity index (χ1) is 7.61. The summed E-state index contributed by atoms with van der Waals surface area (Å²) in [5.41, 5.74) is 0.327. The highest BCUT2D eigenvalue weighted by atomic mass is 79.9. The van der Waals surface area contributed by atoms with E-state index in [1.165, 1.54) is 0 Å². The number of carbonyl (C=O) groups is 2. The molecular formula is C10H8BrClN2O2. The lowest BCUT2D eigenvalue weighted by Gasteiger charge is -2.13. The number of carbonyl (C=O) groups excluding carboxylic acids is 2. The molecule has 0 aromatic heterocycles. The minimum absolute atomic E-state index is 0.326. The van der Waals surface area contributed by atoms with Crippen LogP contribution in [0.4, 0.5) is 4.79 Å². The second kappa shape index (κ2) is 4.43. The van der Waals surface area contributed by atoms with Crippen molar-refractivity contribution in [1.82, 2.24) is 10.2 Å². The van der Waals surface area contributed by atoms with Gasteiger partial charge < -0.3 is 5.32 Å². The average Bonchev–Trinajstić information content (AvgIpc) is 2.68. The minimum atomic E-state index is -0.374. The molecule has 1 heterocycles. The molecular weight excluding hydrogens is 295 g/mol. The van der Waals surface area contributed by atoms with E-state index in [0.717, 1.165) is 4.90 Å². The molecule has 1 aliphatic rings. The summed E-state index contributed by atoms with van der Waals surface area (Å²) in [4.78, 5) is 24.5. The number of urea groups is 1. The molecule has 0 aliphatic carbocycles. The van der Waals surface area contributed by atoms with Crippen LogP contribution in [0.2, 0.25) is 5.02 Å². The molecule has 1 aromatic carbocycles. The fourth-order valence-corrected chi connectivity index (χ4v) is 2.05. The third kappa shape index (κ3) is 1.92. The molecule has 2 rings (SSSR count). The van der Waals surface area contributed by atoms with Gasteiger partial charge in [0, 0.05) is 17.6 Å². The first-order valence-corrected chi connectivity index (χ1v) is 5.82. The van der Waals surface area contributed by atoms with Crippen LogP contribution < -0.4 is 5.32 Å². The Labute approximate surface area is 106 Å². The molecule has 0 atom stereocenters. The van der Waals surface area contributed by atoms with Crippen LogP contribution in [0.5, 0.6) is 0 Å². The van der Waals surface area contributed by atoms with Crippen LogP contribution in [0.25, 0.3) is 0 Å². The Balaban J connectivity index is 2.34. The second-order valence-electron chi connectivity index (χ2n) is 3.29. The molecule has 0 bridgehead atoms. The molecule has 84 valence electrons. The normalized spacial score (nSPS) is 15.1. The Bertz CT molecular complexity index is 464. The molecule has 1 N–H and O–H groups in total. The van der Waals surface area contributed by atoms with Gasteiger partial charge in [0.1, 0.15) is 0 Å². The van der Waals surface area contributed by atoms with E-state index in [1.54, 1.807) is 18.2 Å². The van der Waals surface area contributed by atoms with E-state index < -0.39 is 0 Å². The van der Waals surface area contributed by atoms with Gasteiger partial charge in [-0.2, -0.15) is 0 Å². The SMILES string of the molecule is O=C1NCCN1C(=O)c1cccc(Br)c1Cl. The smallest absolute Gasteiger partial charge is 0.324 e.